The van der Waals surface area contributed by atoms with Gasteiger partial charge in [0.25, 0.3) is 0 Å². The molecule has 1 atom stereocenters. The summed E-state index contributed by atoms with van der Waals surface area (Å²) < 4.78 is 8.84. The molecule has 11 nitrogen and oxygen atoms in total. The van der Waals surface area contributed by atoms with E-state index in [-0.39, 0.29) is 6.04 Å². The number of hydrogen-bond donors (Lipinski definition) is 1. The summed E-state index contributed by atoms with van der Waals surface area (Å²) in [6, 6.07) is -0.00471. The largest absolute Gasteiger partial charge is 0.444 e. The number of nitrogens with one attached hydrogen (secondary N) is 1. The third-order valence-corrected chi connectivity index (χ3v) is 5.09. The molecule has 1 fully saturated rings. The summed E-state index contributed by atoms with van der Waals surface area (Å²) in [7, 11) is 1.85. The topological polar surface area (TPSA) is 115 Å². The minimum absolute atomic E-state index is 0.00471. The van der Waals surface area contributed by atoms with Crippen molar-refractivity contribution in [3.05, 3.63) is 29.2 Å². The van der Waals surface area contributed by atoms with Gasteiger partial charge in [-0.1, -0.05) is 0 Å². The van der Waals surface area contributed by atoms with Crippen LogP contribution >= 0.6 is 0 Å². The van der Waals surface area contributed by atoms with Gasteiger partial charge in [-0.15, -0.1) is 10.2 Å². The van der Waals surface area contributed by atoms with E-state index in [1.165, 1.54) is 0 Å². The Morgan fingerprint density at radius 3 is 2.72 bits per heavy atom. The Kier molecular flexibility index (Phi) is 5.57. The first-order valence-electron chi connectivity index (χ1n) is 10.6. The van der Waals surface area contributed by atoms with Crippen LogP contribution in [0.15, 0.2) is 6.20 Å². The molecule has 4 heterocycles. The minimum Gasteiger partial charge on any atom is -0.444 e. The van der Waals surface area contributed by atoms with Crippen LogP contribution in [0.4, 0.5) is 10.7 Å². The second-order valence-electron chi connectivity index (χ2n) is 9.00. The van der Waals surface area contributed by atoms with Gasteiger partial charge in [0.1, 0.15) is 5.60 Å². The van der Waals surface area contributed by atoms with Crippen LogP contribution in [0.25, 0.3) is 17.8 Å². The van der Waals surface area contributed by atoms with E-state index in [0.717, 1.165) is 30.0 Å². The highest BCUT2D eigenvalue weighted by atomic mass is 16.6. The van der Waals surface area contributed by atoms with Crippen molar-refractivity contribution in [1.29, 1.82) is 0 Å². The summed E-state index contributed by atoms with van der Waals surface area (Å²) in [5.74, 6) is 1.89. The molecule has 11 heteroatoms. The van der Waals surface area contributed by atoms with Gasteiger partial charge in [0, 0.05) is 26.3 Å². The van der Waals surface area contributed by atoms with Crippen LogP contribution < -0.4 is 10.2 Å². The Morgan fingerprint density at radius 1 is 1.22 bits per heavy atom. The van der Waals surface area contributed by atoms with Crippen molar-refractivity contribution < 1.29 is 9.53 Å². The molecule has 1 saturated heterocycles. The van der Waals surface area contributed by atoms with Gasteiger partial charge < -0.3 is 15.0 Å². The predicted molar refractivity (Wildman–Crippen MR) is 120 cm³/mol. The summed E-state index contributed by atoms with van der Waals surface area (Å²) in [6.45, 7) is 10.8. The fourth-order valence-corrected chi connectivity index (χ4v) is 3.53. The third-order valence-electron chi connectivity index (χ3n) is 5.09. The predicted octanol–water partition coefficient (Wildman–Crippen LogP) is 2.14. The summed E-state index contributed by atoms with van der Waals surface area (Å²) in [4.78, 5) is 27.6. The molecule has 0 spiro atoms. The number of hydrogen-bond acceptors (Lipinski definition) is 8. The number of alkyl carbamates (subject to hydrolysis) is 1. The van der Waals surface area contributed by atoms with Crippen LogP contribution in [0, 0.1) is 13.8 Å². The quantitative estimate of drug-likeness (QED) is 0.657. The first kappa shape index (κ1) is 21.7. The normalized spacial score (nSPS) is 16.9. The molecule has 0 aromatic carbocycles. The molecule has 0 aliphatic carbocycles. The molecule has 3 aromatic rings. The van der Waals surface area contributed by atoms with E-state index in [4.69, 9.17) is 4.74 Å². The maximum Gasteiger partial charge on any atom is 0.407 e. The fourth-order valence-electron chi connectivity index (χ4n) is 3.53. The van der Waals surface area contributed by atoms with Crippen molar-refractivity contribution in [1.82, 2.24) is 39.7 Å². The van der Waals surface area contributed by atoms with Gasteiger partial charge in [0.2, 0.25) is 5.95 Å². The lowest BCUT2D eigenvalue weighted by molar-refractivity contribution is 0.0509. The van der Waals surface area contributed by atoms with Gasteiger partial charge in [0.05, 0.1) is 17.4 Å². The van der Waals surface area contributed by atoms with Crippen LogP contribution in [-0.2, 0) is 11.8 Å². The molecule has 3 aromatic heterocycles. The summed E-state index contributed by atoms with van der Waals surface area (Å²) in [5, 5.41) is 12.0. The van der Waals surface area contributed by atoms with Crippen molar-refractivity contribution >= 4 is 29.8 Å². The Morgan fingerprint density at radius 2 is 2.00 bits per heavy atom. The molecule has 1 amide bonds. The number of carbonyl (C=O) groups excluding carboxylic acids is 1. The first-order chi connectivity index (χ1) is 15.1. The SMILES string of the molecule is Cc1ncc(C)n2nc(/C=C/c3nc(N4CC[C@@H](NC(=O)OC(C)(C)C)C4)nn3C)nc12. The van der Waals surface area contributed by atoms with Crippen LogP contribution in [0.5, 0.6) is 0 Å². The molecule has 0 bridgehead atoms. The van der Waals surface area contributed by atoms with Gasteiger partial charge >= 0.3 is 6.09 Å². The van der Waals surface area contributed by atoms with Crippen molar-refractivity contribution in [2.24, 2.45) is 7.05 Å². The zero-order chi connectivity index (χ0) is 23.0. The van der Waals surface area contributed by atoms with Crippen molar-refractivity contribution in [3.63, 3.8) is 0 Å². The van der Waals surface area contributed by atoms with Crippen molar-refractivity contribution in [2.45, 2.75) is 52.7 Å². The number of nitrogens with zero attached hydrogens (tertiary/aromatic N) is 8. The summed E-state index contributed by atoms with van der Waals surface area (Å²) in [5.41, 5.74) is 1.97. The number of aromatic nitrogens is 7. The zero-order valence-electron chi connectivity index (χ0n) is 19.3. The Hall–Kier alpha value is -3.50. The van der Waals surface area contributed by atoms with E-state index >= 15 is 0 Å². The lowest BCUT2D eigenvalue weighted by atomic mass is 10.2. The van der Waals surface area contributed by atoms with Gasteiger partial charge in [0.15, 0.2) is 17.3 Å². The molecule has 1 aliphatic heterocycles. The number of anilines is 1. The maximum atomic E-state index is 12.0. The van der Waals surface area contributed by atoms with E-state index in [1.807, 2.05) is 53.8 Å². The van der Waals surface area contributed by atoms with Crippen LogP contribution in [0.1, 0.15) is 50.2 Å². The third kappa shape index (κ3) is 4.71. The van der Waals surface area contributed by atoms with Crippen molar-refractivity contribution in [3.8, 4) is 0 Å². The second kappa shape index (κ2) is 8.21. The van der Waals surface area contributed by atoms with E-state index in [1.54, 1.807) is 15.4 Å². The number of carbonyl (C=O) groups is 1. The highest BCUT2D eigenvalue weighted by Gasteiger charge is 2.28. The first-order valence-corrected chi connectivity index (χ1v) is 10.6. The van der Waals surface area contributed by atoms with E-state index < -0.39 is 11.7 Å². The maximum absolute atomic E-state index is 12.0. The smallest absolute Gasteiger partial charge is 0.407 e. The summed E-state index contributed by atoms with van der Waals surface area (Å²) in [6.07, 6.45) is 5.84. The fraction of sp³-hybridized carbons (Fsp3) is 0.524. The number of amides is 1. The molecule has 170 valence electrons. The number of aryl methyl sites for hydroxylation is 3. The molecule has 1 aliphatic rings. The van der Waals surface area contributed by atoms with Gasteiger partial charge in [-0.05, 0) is 53.2 Å². The Labute approximate surface area is 186 Å². The molecular weight excluding hydrogens is 410 g/mol. The van der Waals surface area contributed by atoms with Gasteiger partial charge in [-0.3, -0.25) is 4.98 Å². The van der Waals surface area contributed by atoms with Crippen LogP contribution in [0.2, 0.25) is 0 Å². The molecule has 1 N–H and O–H groups in total. The van der Waals surface area contributed by atoms with E-state index in [2.05, 4.69) is 35.4 Å². The average molecular weight is 440 g/mol. The molecular formula is C21H29N9O2. The van der Waals surface area contributed by atoms with Crippen LogP contribution in [0.3, 0.4) is 0 Å². The van der Waals surface area contributed by atoms with Crippen molar-refractivity contribution in [2.75, 3.05) is 18.0 Å². The number of ether oxygens (including phenoxy) is 1. The van der Waals surface area contributed by atoms with E-state index in [9.17, 15) is 4.79 Å². The van der Waals surface area contributed by atoms with Crippen LogP contribution in [-0.4, -0.2) is 65.2 Å². The monoisotopic (exact) mass is 439 g/mol. The molecule has 0 saturated carbocycles. The highest BCUT2D eigenvalue weighted by molar-refractivity contribution is 5.68. The molecule has 0 unspecified atom stereocenters. The summed E-state index contributed by atoms with van der Waals surface area (Å²) >= 11 is 0. The van der Waals surface area contributed by atoms with E-state index in [0.29, 0.717) is 24.1 Å². The number of fused-ring (bicyclic) bond motifs is 1. The van der Waals surface area contributed by atoms with Gasteiger partial charge in [-0.25, -0.2) is 19.0 Å². The lowest BCUT2D eigenvalue weighted by Crippen LogP contribution is -2.40. The standard InChI is InChI=1S/C21H29N9O2/c1-13-11-22-14(2)18-24-16(26-30(13)18)7-8-17-25-19(27-28(17)6)29-10-9-15(12-29)23-20(31)32-21(3,4)5/h7-8,11,15H,9-10,12H2,1-6H3,(H,23,31)/b8-7+/t15-/m1/s1. The lowest BCUT2D eigenvalue weighted by Gasteiger charge is -2.21. The Balaban J connectivity index is 1.43. The molecule has 4 rings (SSSR count). The minimum atomic E-state index is -0.518. The van der Waals surface area contributed by atoms with Gasteiger partial charge in [-0.2, -0.15) is 4.98 Å². The Bertz CT molecular complexity index is 1130. The molecule has 0 radical (unpaired) electrons. The zero-order valence-corrected chi connectivity index (χ0v) is 19.3. The average Bonchev–Trinajstić information content (AvgIpc) is 3.40. The highest BCUT2D eigenvalue weighted by Crippen LogP contribution is 2.18. The second-order valence-corrected chi connectivity index (χ2v) is 9.00. The molecule has 32 heavy (non-hydrogen) atoms. The number of rotatable bonds is 4.